The van der Waals surface area contributed by atoms with E-state index in [0.29, 0.717) is 6.04 Å². The predicted octanol–water partition coefficient (Wildman–Crippen LogP) is 3.44. The second-order valence-electron chi connectivity index (χ2n) is 6.35. The minimum atomic E-state index is 0.585. The van der Waals surface area contributed by atoms with E-state index in [-0.39, 0.29) is 0 Å². The first kappa shape index (κ1) is 17.3. The SMILES string of the molecule is CCNC(=NCCc1sc(C)nc1C)NC1CCC(C)CC1. The molecule has 0 amide bonds. The molecule has 2 rings (SSSR count). The van der Waals surface area contributed by atoms with Gasteiger partial charge in [-0.05, 0) is 52.4 Å². The zero-order valence-electron chi connectivity index (χ0n) is 14.4. The molecule has 0 bridgehead atoms. The molecule has 1 aromatic rings. The lowest BCUT2D eigenvalue weighted by molar-refractivity contribution is 0.329. The maximum absolute atomic E-state index is 4.75. The van der Waals surface area contributed by atoms with Crippen LogP contribution in [0.3, 0.4) is 0 Å². The van der Waals surface area contributed by atoms with Crippen molar-refractivity contribution in [1.82, 2.24) is 15.6 Å². The summed E-state index contributed by atoms with van der Waals surface area (Å²) in [6.45, 7) is 10.4. The van der Waals surface area contributed by atoms with E-state index in [9.17, 15) is 0 Å². The number of hydrogen-bond acceptors (Lipinski definition) is 3. The standard InChI is InChI=1S/C17H30N4S/c1-5-18-17(21-15-8-6-12(2)7-9-15)19-11-10-16-13(3)20-14(4)22-16/h12,15H,5-11H2,1-4H3,(H2,18,19,21). The fourth-order valence-electron chi connectivity index (χ4n) is 2.99. The fraction of sp³-hybridized carbons (Fsp3) is 0.765. The highest BCUT2D eigenvalue weighted by molar-refractivity contribution is 7.11. The Morgan fingerprint density at radius 3 is 2.59 bits per heavy atom. The lowest BCUT2D eigenvalue weighted by Crippen LogP contribution is -2.44. The van der Waals surface area contributed by atoms with Gasteiger partial charge in [0.05, 0.1) is 10.7 Å². The number of aliphatic imine (C=N–C) groups is 1. The average molecular weight is 323 g/mol. The molecule has 0 spiro atoms. The lowest BCUT2D eigenvalue weighted by atomic mass is 9.87. The summed E-state index contributed by atoms with van der Waals surface area (Å²) in [4.78, 5) is 10.6. The molecule has 1 fully saturated rings. The van der Waals surface area contributed by atoms with Crippen LogP contribution in [0, 0.1) is 19.8 Å². The van der Waals surface area contributed by atoms with Gasteiger partial charge in [0.1, 0.15) is 0 Å². The number of nitrogens with zero attached hydrogens (tertiary/aromatic N) is 2. The Bertz CT molecular complexity index is 487. The first-order valence-corrected chi connectivity index (χ1v) is 9.38. The maximum atomic E-state index is 4.75. The van der Waals surface area contributed by atoms with Gasteiger partial charge in [-0.1, -0.05) is 6.92 Å². The van der Waals surface area contributed by atoms with Gasteiger partial charge in [-0.3, -0.25) is 4.99 Å². The first-order chi connectivity index (χ1) is 10.6. The van der Waals surface area contributed by atoms with Crippen LogP contribution in [0.25, 0.3) is 0 Å². The average Bonchev–Trinajstić information content (AvgIpc) is 2.80. The van der Waals surface area contributed by atoms with Crippen molar-refractivity contribution in [3.8, 4) is 0 Å². The smallest absolute Gasteiger partial charge is 0.191 e. The molecule has 1 aliphatic carbocycles. The topological polar surface area (TPSA) is 49.3 Å². The minimum absolute atomic E-state index is 0.585. The Morgan fingerprint density at radius 1 is 1.27 bits per heavy atom. The molecule has 5 heteroatoms. The van der Waals surface area contributed by atoms with Crippen LogP contribution in [-0.4, -0.2) is 30.1 Å². The lowest BCUT2D eigenvalue weighted by Gasteiger charge is -2.28. The summed E-state index contributed by atoms with van der Waals surface area (Å²) in [5.74, 6) is 1.86. The van der Waals surface area contributed by atoms with Crippen molar-refractivity contribution >= 4 is 17.3 Å². The van der Waals surface area contributed by atoms with Crippen molar-refractivity contribution in [3.63, 3.8) is 0 Å². The first-order valence-electron chi connectivity index (χ1n) is 8.56. The van der Waals surface area contributed by atoms with Crippen LogP contribution in [0.2, 0.25) is 0 Å². The third-order valence-electron chi connectivity index (χ3n) is 4.31. The molecule has 4 nitrogen and oxygen atoms in total. The van der Waals surface area contributed by atoms with Crippen molar-refractivity contribution in [1.29, 1.82) is 0 Å². The van der Waals surface area contributed by atoms with Crippen LogP contribution in [-0.2, 0) is 6.42 Å². The van der Waals surface area contributed by atoms with Gasteiger partial charge in [0.15, 0.2) is 5.96 Å². The van der Waals surface area contributed by atoms with Crippen molar-refractivity contribution in [3.05, 3.63) is 15.6 Å². The van der Waals surface area contributed by atoms with E-state index in [0.717, 1.165) is 42.1 Å². The Labute approximate surface area is 138 Å². The molecule has 1 aliphatic rings. The van der Waals surface area contributed by atoms with Crippen LogP contribution >= 0.6 is 11.3 Å². The van der Waals surface area contributed by atoms with Gasteiger partial charge < -0.3 is 10.6 Å². The highest BCUT2D eigenvalue weighted by atomic mass is 32.1. The van der Waals surface area contributed by atoms with Crippen LogP contribution in [0.1, 0.15) is 55.1 Å². The fourth-order valence-corrected chi connectivity index (χ4v) is 3.92. The van der Waals surface area contributed by atoms with Gasteiger partial charge in [-0.25, -0.2) is 4.98 Å². The second kappa shape index (κ2) is 8.51. The van der Waals surface area contributed by atoms with E-state index in [1.807, 2.05) is 0 Å². The number of hydrogen-bond donors (Lipinski definition) is 2. The number of aryl methyl sites for hydroxylation is 2. The van der Waals surface area contributed by atoms with E-state index < -0.39 is 0 Å². The molecule has 22 heavy (non-hydrogen) atoms. The maximum Gasteiger partial charge on any atom is 0.191 e. The zero-order valence-corrected chi connectivity index (χ0v) is 15.2. The van der Waals surface area contributed by atoms with Crippen LogP contribution in [0.5, 0.6) is 0 Å². The van der Waals surface area contributed by atoms with Gasteiger partial charge >= 0.3 is 0 Å². The molecule has 0 unspecified atom stereocenters. The van der Waals surface area contributed by atoms with Crippen LogP contribution in [0.4, 0.5) is 0 Å². The molecular weight excluding hydrogens is 292 g/mol. The third kappa shape index (κ3) is 5.27. The Hall–Kier alpha value is -1.10. The number of aromatic nitrogens is 1. The molecule has 1 heterocycles. The number of guanidine groups is 1. The summed E-state index contributed by atoms with van der Waals surface area (Å²) in [5, 5.41) is 8.13. The van der Waals surface area contributed by atoms with Crippen molar-refractivity contribution < 1.29 is 0 Å². The van der Waals surface area contributed by atoms with E-state index in [1.54, 1.807) is 11.3 Å². The van der Waals surface area contributed by atoms with Crippen molar-refractivity contribution in [2.75, 3.05) is 13.1 Å². The Morgan fingerprint density at radius 2 is 2.00 bits per heavy atom. The summed E-state index contributed by atoms with van der Waals surface area (Å²) in [6.07, 6.45) is 6.17. The minimum Gasteiger partial charge on any atom is -0.357 e. The van der Waals surface area contributed by atoms with Gasteiger partial charge in [0.2, 0.25) is 0 Å². The molecule has 0 saturated heterocycles. The summed E-state index contributed by atoms with van der Waals surface area (Å²) in [5.41, 5.74) is 1.16. The molecular formula is C17H30N4S. The molecule has 1 aromatic heterocycles. The third-order valence-corrected chi connectivity index (χ3v) is 5.44. The summed E-state index contributed by atoms with van der Waals surface area (Å²) in [7, 11) is 0. The van der Waals surface area contributed by atoms with E-state index >= 15 is 0 Å². The summed E-state index contributed by atoms with van der Waals surface area (Å²) >= 11 is 1.79. The Kier molecular flexibility index (Phi) is 6.68. The molecule has 124 valence electrons. The molecule has 0 atom stereocenters. The van der Waals surface area contributed by atoms with E-state index in [2.05, 4.69) is 43.3 Å². The number of nitrogens with one attached hydrogen (secondary N) is 2. The molecule has 0 aromatic carbocycles. The Balaban J connectivity index is 1.85. The van der Waals surface area contributed by atoms with Crippen LogP contribution < -0.4 is 10.6 Å². The van der Waals surface area contributed by atoms with Gasteiger partial charge in [0, 0.05) is 30.4 Å². The van der Waals surface area contributed by atoms with E-state index in [1.165, 1.54) is 30.6 Å². The van der Waals surface area contributed by atoms with Gasteiger partial charge in [0.25, 0.3) is 0 Å². The largest absolute Gasteiger partial charge is 0.357 e. The molecule has 2 N–H and O–H groups in total. The van der Waals surface area contributed by atoms with Crippen LogP contribution in [0.15, 0.2) is 4.99 Å². The predicted molar refractivity (Wildman–Crippen MR) is 95.8 cm³/mol. The second-order valence-corrected chi connectivity index (χ2v) is 7.64. The highest BCUT2D eigenvalue weighted by Gasteiger charge is 2.18. The quantitative estimate of drug-likeness (QED) is 0.645. The van der Waals surface area contributed by atoms with E-state index in [4.69, 9.17) is 4.99 Å². The molecule has 0 aliphatic heterocycles. The molecule has 0 radical (unpaired) electrons. The van der Waals surface area contributed by atoms with Gasteiger partial charge in [-0.15, -0.1) is 11.3 Å². The highest BCUT2D eigenvalue weighted by Crippen LogP contribution is 2.23. The van der Waals surface area contributed by atoms with Crippen molar-refractivity contribution in [2.45, 2.75) is 65.8 Å². The van der Waals surface area contributed by atoms with Gasteiger partial charge in [-0.2, -0.15) is 0 Å². The number of rotatable bonds is 5. The van der Waals surface area contributed by atoms with Crippen molar-refractivity contribution in [2.24, 2.45) is 10.9 Å². The normalized spacial score (nSPS) is 22.6. The summed E-state index contributed by atoms with van der Waals surface area (Å²) in [6, 6.07) is 0.585. The zero-order chi connectivity index (χ0) is 15.9. The summed E-state index contributed by atoms with van der Waals surface area (Å²) < 4.78 is 0. The monoisotopic (exact) mass is 322 g/mol. The molecule has 1 saturated carbocycles. The number of thiazole rings is 1.